The van der Waals surface area contributed by atoms with Crippen molar-refractivity contribution in [3.8, 4) is 0 Å². The number of carboxylic acids is 1. The number of carbonyl (C=O) groups is 3. The molecule has 0 aromatic carbocycles. The predicted molar refractivity (Wildman–Crippen MR) is 163 cm³/mol. The molecule has 42 heavy (non-hydrogen) atoms. The molecule has 6 aliphatic carbocycles. The second kappa shape index (κ2) is 8.82. The number of aliphatic hydroxyl groups is 1. The van der Waals surface area contributed by atoms with Crippen molar-refractivity contribution in [1.29, 1.82) is 0 Å². The Labute approximate surface area is 253 Å². The van der Waals surface area contributed by atoms with Crippen molar-refractivity contribution >= 4 is 17.5 Å². The van der Waals surface area contributed by atoms with E-state index in [1.165, 1.54) is 0 Å². The molecule has 0 aliphatic heterocycles. The van der Waals surface area contributed by atoms with E-state index >= 15 is 0 Å². The Morgan fingerprint density at radius 3 is 2.00 bits per heavy atom. The van der Waals surface area contributed by atoms with Gasteiger partial charge in [-0.15, -0.1) is 0 Å². The van der Waals surface area contributed by atoms with Crippen LogP contribution in [-0.4, -0.2) is 33.9 Å². The fourth-order valence-electron chi connectivity index (χ4n) is 13.8. The molecule has 6 fully saturated rings. The van der Waals surface area contributed by atoms with Gasteiger partial charge in [0.1, 0.15) is 17.0 Å². The first-order valence-corrected chi connectivity index (χ1v) is 16.9. The SMILES string of the molecule is C=C(C)[C@@H]1CC[C@@]2(C(=O)O)[C@H]1[C@H]1CC[C@@H]3[C@@]4(C)CC[C@H](O)C(C)(C)[C@@H]4CC[C@@]3(C)[C@]1(C)CC21C(=O)CC(C)(C)CC1=O. The number of carboxylic acid groups (broad SMARTS) is 1. The number of fused-ring (bicyclic) bond motifs is 8. The quantitative estimate of drug-likeness (QED) is 0.259. The minimum Gasteiger partial charge on any atom is -0.481 e. The lowest BCUT2D eigenvalue weighted by Crippen LogP contribution is -2.74. The Morgan fingerprint density at radius 1 is 0.810 bits per heavy atom. The molecule has 1 spiro atoms. The summed E-state index contributed by atoms with van der Waals surface area (Å²) in [6.45, 7) is 22.2. The number of ketones is 2. The van der Waals surface area contributed by atoms with E-state index in [0.717, 1.165) is 44.1 Å². The first-order chi connectivity index (χ1) is 19.3. The molecule has 2 N–H and O–H groups in total. The maximum Gasteiger partial charge on any atom is 0.311 e. The topological polar surface area (TPSA) is 91.7 Å². The van der Waals surface area contributed by atoms with Gasteiger partial charge in [0.25, 0.3) is 0 Å². The van der Waals surface area contributed by atoms with Crippen LogP contribution in [0.2, 0.25) is 0 Å². The maximum atomic E-state index is 14.7. The Hall–Kier alpha value is -1.49. The van der Waals surface area contributed by atoms with E-state index in [9.17, 15) is 24.6 Å². The van der Waals surface area contributed by atoms with Crippen LogP contribution in [0.4, 0.5) is 0 Å². The highest BCUT2D eigenvalue weighted by atomic mass is 16.4. The molecule has 0 bridgehead atoms. The van der Waals surface area contributed by atoms with Crippen molar-refractivity contribution in [2.24, 2.45) is 67.5 Å². The van der Waals surface area contributed by atoms with Gasteiger partial charge in [0, 0.05) is 12.8 Å². The van der Waals surface area contributed by atoms with Crippen LogP contribution in [0.5, 0.6) is 0 Å². The van der Waals surface area contributed by atoms with Crippen LogP contribution in [0, 0.1) is 67.5 Å². The monoisotopic (exact) mass is 580 g/mol. The molecular formula is C37H56O5. The van der Waals surface area contributed by atoms with E-state index in [0.29, 0.717) is 31.1 Å². The van der Waals surface area contributed by atoms with Crippen molar-refractivity contribution in [2.45, 2.75) is 132 Å². The van der Waals surface area contributed by atoms with E-state index in [1.807, 2.05) is 20.8 Å². The smallest absolute Gasteiger partial charge is 0.311 e. The first-order valence-electron chi connectivity index (χ1n) is 16.9. The van der Waals surface area contributed by atoms with Gasteiger partial charge < -0.3 is 10.2 Å². The normalized spacial score (nSPS) is 50.3. The molecule has 0 radical (unpaired) electrons. The van der Waals surface area contributed by atoms with E-state index in [2.05, 4.69) is 41.2 Å². The largest absolute Gasteiger partial charge is 0.481 e. The fourth-order valence-corrected chi connectivity index (χ4v) is 13.8. The van der Waals surface area contributed by atoms with Crippen LogP contribution in [0.3, 0.4) is 0 Å². The molecule has 6 aliphatic rings. The summed E-state index contributed by atoms with van der Waals surface area (Å²) in [4.78, 5) is 43.1. The average molecular weight is 581 g/mol. The summed E-state index contributed by atoms with van der Waals surface area (Å²) in [6, 6.07) is 0. The summed E-state index contributed by atoms with van der Waals surface area (Å²) in [5.74, 6) is -0.441. The molecule has 6 rings (SSSR count). The lowest BCUT2D eigenvalue weighted by atomic mass is 9.28. The van der Waals surface area contributed by atoms with Crippen LogP contribution in [0.25, 0.3) is 0 Å². The second-order valence-electron chi connectivity index (χ2n) is 18.3. The molecule has 5 heteroatoms. The highest BCUT2D eigenvalue weighted by Crippen LogP contribution is 2.81. The zero-order valence-electron chi connectivity index (χ0n) is 27.6. The Balaban J connectivity index is 1.56. The minimum absolute atomic E-state index is 0.00831. The van der Waals surface area contributed by atoms with Crippen molar-refractivity contribution in [2.75, 3.05) is 0 Å². The molecule has 0 heterocycles. The van der Waals surface area contributed by atoms with Gasteiger partial charge in [-0.1, -0.05) is 60.6 Å². The molecular weight excluding hydrogens is 524 g/mol. The summed E-state index contributed by atoms with van der Waals surface area (Å²) in [5.41, 5.74) is -2.85. The fraction of sp³-hybridized carbons (Fsp3) is 0.865. The Kier molecular flexibility index (Phi) is 6.41. The number of hydrogen-bond donors (Lipinski definition) is 2. The minimum atomic E-state index is -1.47. The van der Waals surface area contributed by atoms with Gasteiger partial charge in [-0.05, 0) is 121 Å². The molecule has 234 valence electrons. The van der Waals surface area contributed by atoms with Crippen molar-refractivity contribution in [3.05, 3.63) is 12.2 Å². The third-order valence-electron chi connectivity index (χ3n) is 15.8. The summed E-state index contributed by atoms with van der Waals surface area (Å²) in [5, 5.41) is 22.4. The molecule has 0 aromatic heterocycles. The zero-order chi connectivity index (χ0) is 31.1. The molecule has 0 saturated heterocycles. The number of aliphatic hydroxyl groups excluding tert-OH is 1. The standard InChI is InChI=1S/C37H56O5/c1-21(2)22-12-17-36(30(41)42)29(22)23-10-11-25-33(7)15-14-26(38)32(5,6)24(33)13-16-34(25,8)35(23,9)20-37(36)27(39)18-31(3,4)19-28(37)40/h22-26,29,38H,1,10-20H2,2-9H3,(H,41,42)/t22-,23+,24-,25+,26-,29+,33-,34+,35+,36-/m0/s1. The van der Waals surface area contributed by atoms with Gasteiger partial charge in [0.2, 0.25) is 0 Å². The van der Waals surface area contributed by atoms with Crippen LogP contribution in [0.1, 0.15) is 126 Å². The molecule has 5 nitrogen and oxygen atoms in total. The number of allylic oxidation sites excluding steroid dienone is 1. The predicted octanol–water partition coefficient (Wildman–Crippen LogP) is 7.64. The molecule has 6 saturated carbocycles. The van der Waals surface area contributed by atoms with Gasteiger partial charge >= 0.3 is 5.97 Å². The summed E-state index contributed by atoms with van der Waals surface area (Å²) in [7, 11) is 0. The van der Waals surface area contributed by atoms with Crippen molar-refractivity contribution < 1.29 is 24.6 Å². The van der Waals surface area contributed by atoms with Gasteiger partial charge in [-0.2, -0.15) is 0 Å². The lowest BCUT2D eigenvalue weighted by Gasteiger charge is -2.74. The van der Waals surface area contributed by atoms with Gasteiger partial charge in [0.05, 0.1) is 11.5 Å². The van der Waals surface area contributed by atoms with Crippen LogP contribution in [0.15, 0.2) is 12.2 Å². The number of rotatable bonds is 2. The van der Waals surface area contributed by atoms with Crippen molar-refractivity contribution in [1.82, 2.24) is 0 Å². The Morgan fingerprint density at radius 2 is 1.43 bits per heavy atom. The van der Waals surface area contributed by atoms with Crippen LogP contribution in [-0.2, 0) is 14.4 Å². The second-order valence-corrected chi connectivity index (χ2v) is 18.3. The third-order valence-corrected chi connectivity index (χ3v) is 15.8. The summed E-state index contributed by atoms with van der Waals surface area (Å²) < 4.78 is 0. The van der Waals surface area contributed by atoms with E-state index in [-0.39, 0.29) is 69.9 Å². The van der Waals surface area contributed by atoms with E-state index in [4.69, 9.17) is 0 Å². The third kappa shape index (κ3) is 3.33. The number of aliphatic carboxylic acids is 1. The number of Topliss-reactive ketones (excluding diaryl/α,β-unsaturated/α-hetero) is 2. The highest BCUT2D eigenvalue weighted by Gasteiger charge is 2.81. The van der Waals surface area contributed by atoms with Crippen molar-refractivity contribution in [3.63, 3.8) is 0 Å². The Bertz CT molecular complexity index is 1220. The summed E-state index contributed by atoms with van der Waals surface area (Å²) in [6.07, 6.45) is 7.52. The lowest BCUT2D eigenvalue weighted by molar-refractivity contribution is -0.266. The van der Waals surface area contributed by atoms with Crippen LogP contribution < -0.4 is 0 Å². The zero-order valence-corrected chi connectivity index (χ0v) is 27.6. The van der Waals surface area contributed by atoms with Gasteiger partial charge in [-0.3, -0.25) is 14.4 Å². The average Bonchev–Trinajstić information content (AvgIpc) is 3.27. The molecule has 10 atom stereocenters. The number of hydrogen-bond acceptors (Lipinski definition) is 4. The van der Waals surface area contributed by atoms with E-state index in [1.54, 1.807) is 0 Å². The van der Waals surface area contributed by atoms with Gasteiger partial charge in [-0.25, -0.2) is 0 Å². The maximum absolute atomic E-state index is 14.7. The number of carbonyl (C=O) groups excluding carboxylic acids is 2. The van der Waals surface area contributed by atoms with Crippen LogP contribution >= 0.6 is 0 Å². The summed E-state index contributed by atoms with van der Waals surface area (Å²) >= 11 is 0. The van der Waals surface area contributed by atoms with Gasteiger partial charge in [0.15, 0.2) is 0 Å². The molecule has 0 unspecified atom stereocenters. The molecule has 0 amide bonds. The molecule has 0 aromatic rings. The highest BCUT2D eigenvalue weighted by molar-refractivity contribution is 6.14. The van der Waals surface area contributed by atoms with E-state index < -0.39 is 22.2 Å². The first kappa shape index (κ1) is 30.5.